The molecular formula is C8H17F3O5. The maximum Gasteiger partial charge on any atom is 0.399 e. The summed E-state index contributed by atoms with van der Waals surface area (Å²) in [6, 6.07) is 0. The van der Waals surface area contributed by atoms with Gasteiger partial charge < -0.3 is 20.1 Å². The second-order valence-electron chi connectivity index (χ2n) is 2.63. The number of rotatable bonds is 2. The van der Waals surface area contributed by atoms with Crippen molar-refractivity contribution in [3.8, 4) is 0 Å². The minimum atomic E-state index is -4.58. The summed E-state index contributed by atoms with van der Waals surface area (Å²) in [7, 11) is 3.25. The summed E-state index contributed by atoms with van der Waals surface area (Å²) in [5.41, 5.74) is 0. The molecule has 5 nitrogen and oxygen atoms in total. The summed E-state index contributed by atoms with van der Waals surface area (Å²) < 4.78 is 37.0. The SMILES string of the molecule is CC(O)CO.COC.O=C(O)CC(F)(F)F. The van der Waals surface area contributed by atoms with Gasteiger partial charge in [0.1, 0.15) is 6.42 Å². The van der Waals surface area contributed by atoms with Crippen LogP contribution >= 0.6 is 0 Å². The summed E-state index contributed by atoms with van der Waals surface area (Å²) in [6.45, 7) is 1.39. The molecule has 0 aliphatic rings. The number of methoxy groups -OCH3 is 1. The number of hydrogen-bond donors (Lipinski definition) is 3. The van der Waals surface area contributed by atoms with Gasteiger partial charge in [-0.3, -0.25) is 4.79 Å². The van der Waals surface area contributed by atoms with Crippen LogP contribution < -0.4 is 0 Å². The van der Waals surface area contributed by atoms with Crippen LogP contribution in [0.1, 0.15) is 13.3 Å². The molecule has 0 amide bonds. The first-order valence-electron chi connectivity index (χ1n) is 4.08. The van der Waals surface area contributed by atoms with Crippen molar-refractivity contribution >= 4 is 5.97 Å². The minimum Gasteiger partial charge on any atom is -0.481 e. The molecule has 0 heterocycles. The predicted molar refractivity (Wildman–Crippen MR) is 50.0 cm³/mol. The smallest absolute Gasteiger partial charge is 0.399 e. The zero-order valence-corrected chi connectivity index (χ0v) is 9.28. The van der Waals surface area contributed by atoms with E-state index in [2.05, 4.69) is 4.74 Å². The van der Waals surface area contributed by atoms with Crippen LogP contribution in [0.15, 0.2) is 0 Å². The van der Waals surface area contributed by atoms with Gasteiger partial charge >= 0.3 is 12.1 Å². The van der Waals surface area contributed by atoms with Crippen LogP contribution in [0.25, 0.3) is 0 Å². The fraction of sp³-hybridized carbons (Fsp3) is 0.875. The molecule has 100 valence electrons. The summed E-state index contributed by atoms with van der Waals surface area (Å²) in [6.07, 6.45) is -6.89. The van der Waals surface area contributed by atoms with E-state index < -0.39 is 24.7 Å². The number of carboxylic acids is 1. The number of aliphatic hydroxyl groups is 2. The fourth-order valence-corrected chi connectivity index (χ4v) is 0.171. The zero-order chi connectivity index (χ0) is 13.8. The number of aliphatic carboxylic acids is 1. The maximum atomic E-state index is 10.9. The van der Waals surface area contributed by atoms with Crippen LogP contribution in [0.4, 0.5) is 13.2 Å². The van der Waals surface area contributed by atoms with Gasteiger partial charge in [0, 0.05) is 14.2 Å². The van der Waals surface area contributed by atoms with Crippen LogP contribution in [0.3, 0.4) is 0 Å². The number of carboxylic acid groups (broad SMARTS) is 1. The molecule has 0 fully saturated rings. The molecule has 0 aromatic carbocycles. The normalized spacial score (nSPS) is 11.5. The van der Waals surface area contributed by atoms with Gasteiger partial charge in [0.25, 0.3) is 0 Å². The Morgan fingerprint density at radius 2 is 1.62 bits per heavy atom. The van der Waals surface area contributed by atoms with Gasteiger partial charge in [0.2, 0.25) is 0 Å². The highest BCUT2D eigenvalue weighted by atomic mass is 19.4. The van der Waals surface area contributed by atoms with Crippen molar-refractivity contribution in [3.05, 3.63) is 0 Å². The Bertz CT molecular complexity index is 158. The summed E-state index contributed by atoms with van der Waals surface area (Å²) >= 11 is 0. The number of halogens is 3. The molecule has 0 saturated heterocycles. The lowest BCUT2D eigenvalue weighted by molar-refractivity contribution is -0.166. The Morgan fingerprint density at radius 1 is 1.38 bits per heavy atom. The molecule has 1 atom stereocenters. The second kappa shape index (κ2) is 12.2. The van der Waals surface area contributed by atoms with Crippen LogP contribution in [0, 0.1) is 0 Å². The predicted octanol–water partition coefficient (Wildman–Crippen LogP) is 0.645. The van der Waals surface area contributed by atoms with Crippen molar-refractivity contribution in [1.29, 1.82) is 0 Å². The first-order valence-corrected chi connectivity index (χ1v) is 4.08. The topological polar surface area (TPSA) is 87.0 Å². The largest absolute Gasteiger partial charge is 0.481 e. The molecule has 0 aliphatic heterocycles. The molecule has 0 bridgehead atoms. The Balaban J connectivity index is -0.000000181. The van der Waals surface area contributed by atoms with Gasteiger partial charge in [-0.25, -0.2) is 0 Å². The highest BCUT2D eigenvalue weighted by molar-refractivity contribution is 5.67. The lowest BCUT2D eigenvalue weighted by atomic mass is 10.4. The van der Waals surface area contributed by atoms with E-state index in [1.54, 1.807) is 14.2 Å². The van der Waals surface area contributed by atoms with Crippen molar-refractivity contribution in [2.75, 3.05) is 20.8 Å². The van der Waals surface area contributed by atoms with Gasteiger partial charge in [-0.2, -0.15) is 13.2 Å². The van der Waals surface area contributed by atoms with E-state index >= 15 is 0 Å². The number of carbonyl (C=O) groups is 1. The van der Waals surface area contributed by atoms with E-state index in [1.807, 2.05) is 0 Å². The molecule has 0 aromatic heterocycles. The molecule has 1 unspecified atom stereocenters. The van der Waals surface area contributed by atoms with E-state index in [0.717, 1.165) is 0 Å². The van der Waals surface area contributed by atoms with Crippen molar-refractivity contribution in [2.24, 2.45) is 0 Å². The average Bonchev–Trinajstić information content (AvgIpc) is 2.01. The fourth-order valence-electron chi connectivity index (χ4n) is 0.171. The quantitative estimate of drug-likeness (QED) is 0.669. The number of alkyl halides is 3. The molecule has 0 aromatic rings. The van der Waals surface area contributed by atoms with Crippen LogP contribution in [0.5, 0.6) is 0 Å². The van der Waals surface area contributed by atoms with E-state index in [0.29, 0.717) is 0 Å². The Hall–Kier alpha value is -0.860. The third-order valence-corrected chi connectivity index (χ3v) is 0.616. The van der Waals surface area contributed by atoms with Crippen molar-refractivity contribution in [1.82, 2.24) is 0 Å². The standard InChI is InChI=1S/C3H3F3O2.C3H8O2.C2H6O/c4-3(5,6)1-2(7)8;1-3(5)2-4;1-3-2/h1H2,(H,7,8);3-5H,2H2,1H3;1-2H3. The van der Waals surface area contributed by atoms with Gasteiger partial charge in [0.15, 0.2) is 0 Å². The molecule has 3 N–H and O–H groups in total. The van der Waals surface area contributed by atoms with Crippen molar-refractivity contribution < 1.29 is 38.0 Å². The number of aliphatic hydroxyl groups excluding tert-OH is 2. The molecule has 8 heteroatoms. The molecule has 0 spiro atoms. The Labute approximate surface area is 91.5 Å². The van der Waals surface area contributed by atoms with Gasteiger partial charge in [0.05, 0.1) is 12.7 Å². The molecule has 0 rings (SSSR count). The third kappa shape index (κ3) is 51.4. The minimum absolute atomic E-state index is 0.139. The van der Waals surface area contributed by atoms with Crippen LogP contribution in [-0.4, -0.2) is 54.4 Å². The summed E-state index contributed by atoms with van der Waals surface area (Å²) in [4.78, 5) is 9.29. The lowest BCUT2D eigenvalue weighted by Gasteiger charge is -1.98. The van der Waals surface area contributed by atoms with Crippen LogP contribution in [0.2, 0.25) is 0 Å². The molecular weight excluding hydrogens is 233 g/mol. The number of hydrogen-bond acceptors (Lipinski definition) is 4. The Kier molecular flexibility index (Phi) is 15.7. The Morgan fingerprint density at radius 3 is 1.62 bits per heavy atom. The second-order valence-corrected chi connectivity index (χ2v) is 2.63. The zero-order valence-electron chi connectivity index (χ0n) is 9.28. The van der Waals surface area contributed by atoms with E-state index in [9.17, 15) is 18.0 Å². The van der Waals surface area contributed by atoms with Gasteiger partial charge in [-0.15, -0.1) is 0 Å². The van der Waals surface area contributed by atoms with E-state index in [-0.39, 0.29) is 6.61 Å². The van der Waals surface area contributed by atoms with E-state index in [4.69, 9.17) is 15.3 Å². The first-order chi connectivity index (χ1) is 7.10. The summed E-state index contributed by atoms with van der Waals surface area (Å²) in [5.74, 6) is -1.85. The van der Waals surface area contributed by atoms with Crippen molar-refractivity contribution in [2.45, 2.75) is 25.6 Å². The highest BCUT2D eigenvalue weighted by Gasteiger charge is 2.30. The molecule has 0 aliphatic carbocycles. The average molecular weight is 250 g/mol. The lowest BCUT2D eigenvalue weighted by Crippen LogP contribution is -2.13. The van der Waals surface area contributed by atoms with E-state index in [1.165, 1.54) is 6.92 Å². The first kappa shape index (κ1) is 20.5. The highest BCUT2D eigenvalue weighted by Crippen LogP contribution is 2.18. The third-order valence-electron chi connectivity index (χ3n) is 0.616. The molecule has 0 saturated carbocycles. The van der Waals surface area contributed by atoms with Gasteiger partial charge in [-0.1, -0.05) is 0 Å². The van der Waals surface area contributed by atoms with Crippen LogP contribution in [-0.2, 0) is 9.53 Å². The van der Waals surface area contributed by atoms with Gasteiger partial charge in [-0.05, 0) is 6.92 Å². The molecule has 0 radical (unpaired) electrons. The maximum absolute atomic E-state index is 10.9. The summed E-state index contributed by atoms with van der Waals surface area (Å²) in [5, 5.41) is 23.5. The number of ether oxygens (including phenoxy) is 1. The monoisotopic (exact) mass is 250 g/mol. The molecule has 16 heavy (non-hydrogen) atoms. The van der Waals surface area contributed by atoms with Crippen molar-refractivity contribution in [3.63, 3.8) is 0 Å².